The first kappa shape index (κ1) is 21.4. The van der Waals surface area contributed by atoms with Crippen LogP contribution in [0.15, 0.2) is 51.7 Å². The van der Waals surface area contributed by atoms with E-state index in [1.54, 1.807) is 57.2 Å². The summed E-state index contributed by atoms with van der Waals surface area (Å²) in [6, 6.07) is 11.8. The Hall–Kier alpha value is -3.32. The number of para-hydroxylation sites is 1. The number of carbonyl (C=O) groups excluding carboxylic acids is 2. The molecular formula is C22H20ClNO6. The van der Waals surface area contributed by atoms with Gasteiger partial charge in [-0.05, 0) is 44.5 Å². The van der Waals surface area contributed by atoms with E-state index in [0.29, 0.717) is 16.1 Å². The molecule has 0 atom stereocenters. The van der Waals surface area contributed by atoms with Gasteiger partial charge in [0, 0.05) is 10.6 Å². The van der Waals surface area contributed by atoms with Crippen LogP contribution in [0, 0.1) is 0 Å². The molecule has 0 unspecified atom stereocenters. The first-order valence-corrected chi connectivity index (χ1v) is 9.49. The standard InChI is InChI=1S/C22H20ClNO6/c1-22(2,3)30-16(25)11-24-20(27)17-18(26)15-9-5-8-14(19(15)29-21(17)28)12-6-4-7-13(23)10-12/h4-10,26H,11H2,1-3H3,(H,24,27). The fourth-order valence-electron chi connectivity index (χ4n) is 2.91. The van der Waals surface area contributed by atoms with Gasteiger partial charge >= 0.3 is 11.6 Å². The highest BCUT2D eigenvalue weighted by molar-refractivity contribution is 6.30. The van der Waals surface area contributed by atoms with E-state index in [0.717, 1.165) is 0 Å². The lowest BCUT2D eigenvalue weighted by Gasteiger charge is -2.19. The zero-order chi connectivity index (χ0) is 22.1. The van der Waals surface area contributed by atoms with Gasteiger partial charge in [0.2, 0.25) is 0 Å². The number of ether oxygens (including phenoxy) is 1. The van der Waals surface area contributed by atoms with Crippen LogP contribution in [0.4, 0.5) is 0 Å². The molecule has 0 saturated carbocycles. The van der Waals surface area contributed by atoms with Crippen LogP contribution < -0.4 is 10.9 Å². The van der Waals surface area contributed by atoms with Crippen LogP contribution in [0.3, 0.4) is 0 Å². The molecule has 0 fully saturated rings. The number of halogens is 1. The van der Waals surface area contributed by atoms with Crippen molar-refractivity contribution in [3.8, 4) is 16.9 Å². The Labute approximate surface area is 177 Å². The van der Waals surface area contributed by atoms with Crippen LogP contribution >= 0.6 is 11.6 Å². The van der Waals surface area contributed by atoms with Crippen molar-refractivity contribution in [2.24, 2.45) is 0 Å². The molecule has 0 radical (unpaired) electrons. The van der Waals surface area contributed by atoms with E-state index < -0.39 is 41.0 Å². The van der Waals surface area contributed by atoms with Crippen molar-refractivity contribution in [1.82, 2.24) is 5.32 Å². The maximum atomic E-state index is 12.5. The Morgan fingerprint density at radius 1 is 1.17 bits per heavy atom. The summed E-state index contributed by atoms with van der Waals surface area (Å²) in [6.07, 6.45) is 0. The van der Waals surface area contributed by atoms with Crippen molar-refractivity contribution in [3.63, 3.8) is 0 Å². The fraction of sp³-hybridized carbons (Fsp3) is 0.227. The zero-order valence-corrected chi connectivity index (χ0v) is 17.4. The van der Waals surface area contributed by atoms with Crippen LogP contribution in [0.2, 0.25) is 5.02 Å². The number of rotatable bonds is 4. The molecule has 0 bridgehead atoms. The highest BCUT2D eigenvalue weighted by atomic mass is 35.5. The highest BCUT2D eigenvalue weighted by Gasteiger charge is 2.24. The Kier molecular flexibility index (Phi) is 5.85. The predicted octanol–water partition coefficient (Wildman–Crippen LogP) is 3.89. The number of benzene rings is 2. The molecule has 0 aliphatic heterocycles. The second-order valence-electron chi connectivity index (χ2n) is 7.57. The Morgan fingerprint density at radius 3 is 2.53 bits per heavy atom. The number of carbonyl (C=O) groups is 2. The molecule has 156 valence electrons. The molecule has 1 aromatic heterocycles. The molecule has 0 saturated heterocycles. The summed E-state index contributed by atoms with van der Waals surface area (Å²) in [5.74, 6) is -2.15. The van der Waals surface area contributed by atoms with Gasteiger partial charge in [0.25, 0.3) is 5.91 Å². The third-order valence-corrected chi connectivity index (χ3v) is 4.32. The van der Waals surface area contributed by atoms with Crippen molar-refractivity contribution in [2.45, 2.75) is 26.4 Å². The first-order valence-electron chi connectivity index (χ1n) is 9.11. The number of amides is 1. The molecule has 1 amide bonds. The monoisotopic (exact) mass is 429 g/mol. The van der Waals surface area contributed by atoms with Gasteiger partial charge in [-0.15, -0.1) is 0 Å². The van der Waals surface area contributed by atoms with Crippen molar-refractivity contribution in [2.75, 3.05) is 6.54 Å². The van der Waals surface area contributed by atoms with Crippen molar-refractivity contribution < 1.29 is 23.8 Å². The molecule has 30 heavy (non-hydrogen) atoms. The van der Waals surface area contributed by atoms with Crippen LogP contribution in [-0.4, -0.2) is 29.1 Å². The van der Waals surface area contributed by atoms with Gasteiger partial charge in [0.1, 0.15) is 23.5 Å². The summed E-state index contributed by atoms with van der Waals surface area (Å²) < 4.78 is 10.5. The number of hydrogen-bond donors (Lipinski definition) is 2. The summed E-state index contributed by atoms with van der Waals surface area (Å²) >= 11 is 6.04. The molecule has 0 aliphatic rings. The Bertz CT molecular complexity index is 1190. The van der Waals surface area contributed by atoms with E-state index in [-0.39, 0.29) is 11.0 Å². The molecule has 0 aliphatic carbocycles. The van der Waals surface area contributed by atoms with Crippen LogP contribution in [-0.2, 0) is 9.53 Å². The highest BCUT2D eigenvalue weighted by Crippen LogP contribution is 2.34. The maximum absolute atomic E-state index is 12.5. The quantitative estimate of drug-likeness (QED) is 0.481. The average molecular weight is 430 g/mol. The fourth-order valence-corrected chi connectivity index (χ4v) is 3.10. The van der Waals surface area contributed by atoms with Gasteiger partial charge in [0.15, 0.2) is 5.56 Å². The molecule has 0 spiro atoms. The first-order chi connectivity index (χ1) is 14.1. The maximum Gasteiger partial charge on any atom is 0.353 e. The average Bonchev–Trinajstić information content (AvgIpc) is 2.64. The van der Waals surface area contributed by atoms with Gasteiger partial charge in [0.05, 0.1) is 5.39 Å². The largest absolute Gasteiger partial charge is 0.506 e. The number of nitrogens with one attached hydrogen (secondary N) is 1. The molecular weight excluding hydrogens is 410 g/mol. The molecule has 8 heteroatoms. The van der Waals surface area contributed by atoms with E-state index in [2.05, 4.69) is 5.32 Å². The van der Waals surface area contributed by atoms with Crippen LogP contribution in [0.25, 0.3) is 22.1 Å². The summed E-state index contributed by atoms with van der Waals surface area (Å²) in [5.41, 5.74) is -1.01. The molecule has 2 aromatic carbocycles. The summed E-state index contributed by atoms with van der Waals surface area (Å²) in [4.78, 5) is 36.7. The van der Waals surface area contributed by atoms with Gasteiger partial charge < -0.3 is 19.6 Å². The van der Waals surface area contributed by atoms with Gasteiger partial charge in [-0.25, -0.2) is 4.79 Å². The van der Waals surface area contributed by atoms with Crippen molar-refractivity contribution in [3.05, 3.63) is 63.5 Å². The SMILES string of the molecule is CC(C)(C)OC(=O)CNC(=O)c1c(O)c2cccc(-c3cccc(Cl)c3)c2oc1=O. The van der Waals surface area contributed by atoms with Gasteiger partial charge in [-0.2, -0.15) is 0 Å². The number of hydrogen-bond acceptors (Lipinski definition) is 6. The third kappa shape index (κ3) is 4.63. The number of esters is 1. The van der Waals surface area contributed by atoms with Crippen LogP contribution in [0.1, 0.15) is 31.1 Å². The Morgan fingerprint density at radius 2 is 1.87 bits per heavy atom. The molecule has 3 rings (SSSR count). The zero-order valence-electron chi connectivity index (χ0n) is 16.6. The molecule has 2 N–H and O–H groups in total. The minimum atomic E-state index is -1.03. The molecule has 3 aromatic rings. The summed E-state index contributed by atoms with van der Waals surface area (Å²) in [5, 5.41) is 13.6. The van der Waals surface area contributed by atoms with E-state index >= 15 is 0 Å². The lowest BCUT2D eigenvalue weighted by atomic mass is 10.0. The van der Waals surface area contributed by atoms with E-state index in [9.17, 15) is 19.5 Å². The number of fused-ring (bicyclic) bond motifs is 1. The van der Waals surface area contributed by atoms with Crippen molar-refractivity contribution in [1.29, 1.82) is 0 Å². The van der Waals surface area contributed by atoms with Crippen molar-refractivity contribution >= 4 is 34.4 Å². The topological polar surface area (TPSA) is 106 Å². The predicted molar refractivity (Wildman–Crippen MR) is 113 cm³/mol. The minimum absolute atomic E-state index is 0.117. The second-order valence-corrected chi connectivity index (χ2v) is 8.01. The van der Waals surface area contributed by atoms with Gasteiger partial charge in [-0.3, -0.25) is 9.59 Å². The molecule has 1 heterocycles. The lowest BCUT2D eigenvalue weighted by Crippen LogP contribution is -2.36. The van der Waals surface area contributed by atoms with E-state index in [4.69, 9.17) is 20.8 Å². The lowest BCUT2D eigenvalue weighted by molar-refractivity contribution is -0.153. The second kappa shape index (κ2) is 8.20. The normalized spacial score (nSPS) is 11.3. The third-order valence-electron chi connectivity index (χ3n) is 4.08. The van der Waals surface area contributed by atoms with E-state index in [1.165, 1.54) is 6.07 Å². The summed E-state index contributed by atoms with van der Waals surface area (Å²) in [6.45, 7) is 4.60. The Balaban J connectivity index is 1.97. The van der Waals surface area contributed by atoms with E-state index in [1.807, 2.05) is 0 Å². The smallest absolute Gasteiger partial charge is 0.353 e. The minimum Gasteiger partial charge on any atom is -0.506 e. The summed E-state index contributed by atoms with van der Waals surface area (Å²) in [7, 11) is 0. The molecule has 7 nitrogen and oxygen atoms in total. The van der Waals surface area contributed by atoms with Gasteiger partial charge in [-0.1, -0.05) is 35.9 Å². The number of aromatic hydroxyl groups is 1. The van der Waals surface area contributed by atoms with Crippen LogP contribution in [0.5, 0.6) is 5.75 Å².